The van der Waals surface area contributed by atoms with Gasteiger partial charge in [-0.25, -0.2) is 14.5 Å². The molecule has 0 aliphatic heterocycles. The van der Waals surface area contributed by atoms with Gasteiger partial charge in [-0.15, -0.1) is 0 Å². The van der Waals surface area contributed by atoms with Crippen LogP contribution in [0.5, 0.6) is 0 Å². The zero-order valence-corrected chi connectivity index (χ0v) is 15.2. The van der Waals surface area contributed by atoms with Crippen molar-refractivity contribution >= 4 is 11.9 Å². The molecule has 26 heavy (non-hydrogen) atoms. The van der Waals surface area contributed by atoms with Crippen LogP contribution in [0.4, 0.5) is 0 Å². The highest BCUT2D eigenvalue weighted by Crippen LogP contribution is 2.21. The Kier molecular flexibility index (Phi) is 5.65. The van der Waals surface area contributed by atoms with E-state index in [2.05, 4.69) is 10.1 Å². The average Bonchev–Trinajstić information content (AvgIpc) is 3.08. The lowest BCUT2D eigenvalue weighted by Crippen LogP contribution is -2.40. The molecule has 7 nitrogen and oxygen atoms in total. The number of carbonyl (C=O) groups is 2. The molecule has 1 saturated carbocycles. The Morgan fingerprint density at radius 3 is 2.73 bits per heavy atom. The van der Waals surface area contributed by atoms with Crippen molar-refractivity contribution in [2.75, 3.05) is 13.7 Å². The highest BCUT2D eigenvalue weighted by atomic mass is 16.5. The molecule has 1 fully saturated rings. The van der Waals surface area contributed by atoms with Crippen molar-refractivity contribution in [2.24, 2.45) is 0 Å². The summed E-state index contributed by atoms with van der Waals surface area (Å²) < 4.78 is 6.80. The number of nitrogens with zero attached hydrogens (tertiary/aromatic N) is 4. The van der Waals surface area contributed by atoms with E-state index in [0.717, 1.165) is 25.7 Å². The molecular weight excluding hydrogens is 332 g/mol. The minimum Gasteiger partial charge on any atom is -0.452 e. The van der Waals surface area contributed by atoms with E-state index in [1.54, 1.807) is 35.8 Å². The molecule has 0 radical (unpaired) electrons. The quantitative estimate of drug-likeness (QED) is 0.770. The molecule has 0 N–H and O–H groups in total. The van der Waals surface area contributed by atoms with Gasteiger partial charge in [-0.1, -0.05) is 25.3 Å². The van der Waals surface area contributed by atoms with E-state index in [1.807, 2.05) is 12.1 Å². The van der Waals surface area contributed by atoms with Crippen molar-refractivity contribution in [3.63, 3.8) is 0 Å². The first-order chi connectivity index (χ1) is 12.6. The first-order valence-corrected chi connectivity index (χ1v) is 8.96. The zero-order valence-electron chi connectivity index (χ0n) is 15.2. The van der Waals surface area contributed by atoms with Crippen LogP contribution in [-0.4, -0.2) is 51.2 Å². The Hall–Kier alpha value is -2.70. The second kappa shape index (κ2) is 8.12. The largest absolute Gasteiger partial charge is 0.452 e. The van der Waals surface area contributed by atoms with E-state index in [4.69, 9.17) is 4.74 Å². The number of ether oxygens (including phenoxy) is 1. The molecule has 7 heteroatoms. The molecule has 0 unspecified atom stereocenters. The maximum atomic E-state index is 12.3. The van der Waals surface area contributed by atoms with E-state index >= 15 is 0 Å². The predicted octanol–water partition coefficient (Wildman–Crippen LogP) is 2.52. The van der Waals surface area contributed by atoms with E-state index in [0.29, 0.717) is 17.1 Å². The van der Waals surface area contributed by atoms with Crippen molar-refractivity contribution < 1.29 is 14.3 Å². The second-order valence-electron chi connectivity index (χ2n) is 6.62. The van der Waals surface area contributed by atoms with Gasteiger partial charge in [0.05, 0.1) is 11.9 Å². The number of carbonyl (C=O) groups excluding carboxylic acids is 2. The topological polar surface area (TPSA) is 77.3 Å². The Balaban J connectivity index is 1.60. The molecule has 3 rings (SSSR count). The number of esters is 1. The van der Waals surface area contributed by atoms with E-state index in [9.17, 15) is 9.59 Å². The van der Waals surface area contributed by atoms with Crippen LogP contribution >= 0.6 is 0 Å². The van der Waals surface area contributed by atoms with Crippen molar-refractivity contribution in [1.82, 2.24) is 19.7 Å². The molecule has 2 aromatic rings. The Bertz CT molecular complexity index is 766. The summed E-state index contributed by atoms with van der Waals surface area (Å²) in [7, 11) is 1.79. The lowest BCUT2D eigenvalue weighted by Gasteiger charge is -2.31. The van der Waals surface area contributed by atoms with Crippen LogP contribution in [0.25, 0.3) is 5.82 Å². The number of pyridine rings is 1. The van der Waals surface area contributed by atoms with Crippen LogP contribution in [0.3, 0.4) is 0 Å². The van der Waals surface area contributed by atoms with Gasteiger partial charge in [-0.2, -0.15) is 5.10 Å². The van der Waals surface area contributed by atoms with Gasteiger partial charge >= 0.3 is 5.97 Å². The van der Waals surface area contributed by atoms with Crippen LogP contribution in [-0.2, 0) is 9.53 Å². The van der Waals surface area contributed by atoms with Gasteiger partial charge in [0.25, 0.3) is 5.91 Å². The number of amides is 1. The minimum absolute atomic E-state index is 0.167. The molecule has 2 heterocycles. The molecule has 1 amide bonds. The predicted molar refractivity (Wildman–Crippen MR) is 96.0 cm³/mol. The third kappa shape index (κ3) is 3.92. The number of hydrogen-bond donors (Lipinski definition) is 0. The fourth-order valence-electron chi connectivity index (χ4n) is 3.30. The highest BCUT2D eigenvalue weighted by Gasteiger charge is 2.24. The minimum atomic E-state index is -0.546. The lowest BCUT2D eigenvalue weighted by atomic mass is 9.94. The maximum absolute atomic E-state index is 12.3. The molecule has 0 spiro atoms. The molecular formula is C19H24N4O3. The van der Waals surface area contributed by atoms with Gasteiger partial charge in [0, 0.05) is 19.3 Å². The summed E-state index contributed by atoms with van der Waals surface area (Å²) in [6, 6.07) is 5.72. The number of likely N-dealkylation sites (N-methyl/N-ethyl adjacent to an activating group) is 1. The monoisotopic (exact) mass is 356 g/mol. The first kappa shape index (κ1) is 18.1. The summed E-state index contributed by atoms with van der Waals surface area (Å²) in [5.74, 6) is -0.0905. The van der Waals surface area contributed by atoms with Crippen LogP contribution in [0.2, 0.25) is 0 Å². The van der Waals surface area contributed by atoms with Gasteiger partial charge in [-0.05, 0) is 31.9 Å². The van der Waals surface area contributed by atoms with Crippen molar-refractivity contribution in [1.29, 1.82) is 0 Å². The molecule has 1 aliphatic rings. The van der Waals surface area contributed by atoms with Crippen LogP contribution in [0, 0.1) is 6.92 Å². The smallest absolute Gasteiger partial charge is 0.342 e. The SMILES string of the molecule is Cc1c(C(=O)OCC(=O)N(C)C2CCCCC2)cnn1-c1ccccn1. The van der Waals surface area contributed by atoms with Gasteiger partial charge < -0.3 is 9.64 Å². The number of rotatable bonds is 5. The van der Waals surface area contributed by atoms with E-state index in [1.165, 1.54) is 12.6 Å². The molecule has 0 saturated heterocycles. The second-order valence-corrected chi connectivity index (χ2v) is 6.62. The Morgan fingerprint density at radius 1 is 1.27 bits per heavy atom. The Morgan fingerprint density at radius 2 is 2.04 bits per heavy atom. The number of hydrogen-bond acceptors (Lipinski definition) is 5. The standard InChI is InChI=1S/C19H24N4O3/c1-14-16(12-21-23(14)17-10-6-7-11-20-17)19(25)26-13-18(24)22(2)15-8-4-3-5-9-15/h6-7,10-12,15H,3-5,8-9,13H2,1-2H3. The average molecular weight is 356 g/mol. The third-order valence-corrected chi connectivity index (χ3v) is 4.94. The van der Waals surface area contributed by atoms with Crippen molar-refractivity contribution in [3.05, 3.63) is 41.9 Å². The van der Waals surface area contributed by atoms with Crippen molar-refractivity contribution in [2.45, 2.75) is 45.1 Å². The van der Waals surface area contributed by atoms with Crippen LogP contribution in [0.15, 0.2) is 30.6 Å². The van der Waals surface area contributed by atoms with E-state index < -0.39 is 5.97 Å². The summed E-state index contributed by atoms with van der Waals surface area (Å²) in [6.07, 6.45) is 8.67. The number of aromatic nitrogens is 3. The third-order valence-electron chi connectivity index (χ3n) is 4.94. The fraction of sp³-hybridized carbons (Fsp3) is 0.474. The normalized spacial score (nSPS) is 14.8. The fourth-order valence-corrected chi connectivity index (χ4v) is 3.30. The summed E-state index contributed by atoms with van der Waals surface area (Å²) in [5, 5.41) is 4.20. The molecule has 0 atom stereocenters. The molecule has 0 aromatic carbocycles. The summed E-state index contributed by atoms with van der Waals surface area (Å²) in [4.78, 5) is 30.6. The zero-order chi connectivity index (χ0) is 18.5. The van der Waals surface area contributed by atoms with Gasteiger partial charge in [0.1, 0.15) is 5.56 Å². The highest BCUT2D eigenvalue weighted by molar-refractivity contribution is 5.92. The first-order valence-electron chi connectivity index (χ1n) is 8.96. The van der Waals surface area contributed by atoms with Gasteiger partial charge in [-0.3, -0.25) is 4.79 Å². The maximum Gasteiger partial charge on any atom is 0.342 e. The molecule has 2 aromatic heterocycles. The molecule has 0 bridgehead atoms. The van der Waals surface area contributed by atoms with Crippen molar-refractivity contribution in [3.8, 4) is 5.82 Å². The summed E-state index contributed by atoms with van der Waals surface area (Å²) in [5.41, 5.74) is 0.963. The van der Waals surface area contributed by atoms with Gasteiger partial charge in [0.15, 0.2) is 12.4 Å². The molecule has 138 valence electrons. The van der Waals surface area contributed by atoms with Gasteiger partial charge in [0.2, 0.25) is 0 Å². The van der Waals surface area contributed by atoms with Crippen LogP contribution < -0.4 is 0 Å². The Labute approximate surface area is 153 Å². The van der Waals surface area contributed by atoms with E-state index in [-0.39, 0.29) is 18.6 Å². The summed E-state index contributed by atoms with van der Waals surface area (Å²) in [6.45, 7) is 1.52. The lowest BCUT2D eigenvalue weighted by molar-refractivity contribution is -0.135. The van der Waals surface area contributed by atoms with Crippen LogP contribution in [0.1, 0.15) is 48.2 Å². The summed E-state index contributed by atoms with van der Waals surface area (Å²) >= 11 is 0. The molecule has 1 aliphatic carbocycles.